The Morgan fingerprint density at radius 1 is 1.10 bits per heavy atom. The average Bonchev–Trinajstić information content (AvgIpc) is 3.37. The van der Waals surface area contributed by atoms with Gasteiger partial charge in [-0.25, -0.2) is 0 Å². The van der Waals surface area contributed by atoms with Gasteiger partial charge in [0.05, 0.1) is 18.6 Å². The second-order valence-electron chi connectivity index (χ2n) is 8.11. The molecule has 0 aromatic heterocycles. The number of hydrogen-bond donors (Lipinski definition) is 0. The van der Waals surface area contributed by atoms with Crippen LogP contribution in [-0.4, -0.2) is 48.9 Å². The van der Waals surface area contributed by atoms with Gasteiger partial charge in [0.1, 0.15) is 5.75 Å². The molecular weight excluding hydrogens is 450 g/mol. The van der Waals surface area contributed by atoms with Gasteiger partial charge in [0, 0.05) is 34.6 Å². The summed E-state index contributed by atoms with van der Waals surface area (Å²) < 4.78 is 11.8. The number of fused-ring (bicyclic) bond motifs is 3. The minimum absolute atomic E-state index is 0.223. The third-order valence-electron chi connectivity index (χ3n) is 6.70. The largest absolute Gasteiger partial charge is 0.425 e. The van der Waals surface area contributed by atoms with Gasteiger partial charge >= 0.3 is 5.97 Å². The van der Waals surface area contributed by atoms with Crippen LogP contribution in [0.15, 0.2) is 53.0 Å². The first-order valence-corrected chi connectivity index (χ1v) is 10.7. The number of hydrogen-bond acceptors (Lipinski definition) is 5. The molecule has 154 valence electrons. The first-order valence-electron chi connectivity index (χ1n) is 9.91. The maximum Gasteiger partial charge on any atom is 0.328 e. The Morgan fingerprint density at radius 2 is 1.80 bits per heavy atom. The Hall–Kier alpha value is -2.51. The summed E-state index contributed by atoms with van der Waals surface area (Å²) in [5, 5.41) is 0. The van der Waals surface area contributed by atoms with Crippen molar-refractivity contribution in [2.75, 3.05) is 26.3 Å². The van der Waals surface area contributed by atoms with Crippen molar-refractivity contribution in [1.29, 1.82) is 0 Å². The molecular formula is C23H20BrNO5. The standard InChI is InChI=1S/C23H20BrNO5/c1-22(19(26)14-5-3-2-4-6-14)18-16-13-15(24)7-8-17(16)30-21(28)23(18,22)20(27)25-9-11-29-12-10-25/h2-8,13,18H,9-12H2,1H3. The molecule has 6 nitrogen and oxygen atoms in total. The fourth-order valence-electron chi connectivity index (χ4n) is 5.16. The molecule has 2 aromatic carbocycles. The lowest BCUT2D eigenvalue weighted by molar-refractivity contribution is -0.156. The number of amides is 1. The summed E-state index contributed by atoms with van der Waals surface area (Å²) in [4.78, 5) is 42.5. The maximum absolute atomic E-state index is 13.8. The van der Waals surface area contributed by atoms with Crippen molar-refractivity contribution in [3.05, 3.63) is 64.1 Å². The minimum Gasteiger partial charge on any atom is -0.425 e. The summed E-state index contributed by atoms with van der Waals surface area (Å²) in [6, 6.07) is 14.2. The quantitative estimate of drug-likeness (QED) is 0.298. The molecule has 30 heavy (non-hydrogen) atoms. The van der Waals surface area contributed by atoms with Crippen LogP contribution in [0.3, 0.4) is 0 Å². The van der Waals surface area contributed by atoms with E-state index >= 15 is 0 Å². The second-order valence-corrected chi connectivity index (χ2v) is 9.03. The van der Waals surface area contributed by atoms with Crippen LogP contribution >= 0.6 is 15.9 Å². The van der Waals surface area contributed by atoms with Gasteiger partial charge in [0.2, 0.25) is 5.91 Å². The summed E-state index contributed by atoms with van der Waals surface area (Å²) in [7, 11) is 0. The summed E-state index contributed by atoms with van der Waals surface area (Å²) in [5.74, 6) is -1.40. The van der Waals surface area contributed by atoms with E-state index < -0.39 is 22.7 Å². The zero-order valence-corrected chi connectivity index (χ0v) is 18.0. The topological polar surface area (TPSA) is 72.9 Å². The van der Waals surface area contributed by atoms with E-state index in [1.54, 1.807) is 48.2 Å². The van der Waals surface area contributed by atoms with Crippen molar-refractivity contribution in [1.82, 2.24) is 4.90 Å². The number of rotatable bonds is 3. The molecule has 2 fully saturated rings. The summed E-state index contributed by atoms with van der Waals surface area (Å²) in [6.07, 6.45) is 0. The highest BCUT2D eigenvalue weighted by Crippen LogP contribution is 2.78. The lowest BCUT2D eigenvalue weighted by Gasteiger charge is -2.32. The molecule has 2 heterocycles. The van der Waals surface area contributed by atoms with Gasteiger partial charge in [-0.05, 0) is 25.1 Å². The van der Waals surface area contributed by atoms with Crippen LogP contribution in [0.4, 0.5) is 0 Å². The van der Waals surface area contributed by atoms with E-state index in [0.717, 1.165) is 4.47 Å². The molecule has 3 aliphatic rings. The number of benzene rings is 2. The van der Waals surface area contributed by atoms with Gasteiger partial charge in [-0.1, -0.05) is 46.3 Å². The van der Waals surface area contributed by atoms with E-state index in [2.05, 4.69) is 15.9 Å². The van der Waals surface area contributed by atoms with E-state index in [9.17, 15) is 14.4 Å². The Kier molecular flexibility index (Phi) is 4.38. The number of esters is 1. The van der Waals surface area contributed by atoms with Crippen LogP contribution in [-0.2, 0) is 14.3 Å². The van der Waals surface area contributed by atoms with E-state index in [-0.39, 0.29) is 11.7 Å². The number of ketones is 1. The number of ether oxygens (including phenoxy) is 2. The van der Waals surface area contributed by atoms with Gasteiger partial charge in [0.25, 0.3) is 0 Å². The van der Waals surface area contributed by atoms with Crippen molar-refractivity contribution in [2.45, 2.75) is 12.8 Å². The molecule has 0 radical (unpaired) electrons. The van der Waals surface area contributed by atoms with Crippen molar-refractivity contribution in [3.63, 3.8) is 0 Å². The number of nitrogens with zero attached hydrogens (tertiary/aromatic N) is 1. The lowest BCUT2D eigenvalue weighted by Crippen LogP contribution is -2.50. The molecule has 1 saturated heterocycles. The zero-order valence-electron chi connectivity index (χ0n) is 16.4. The normalized spacial score (nSPS) is 29.5. The van der Waals surface area contributed by atoms with Crippen molar-refractivity contribution >= 4 is 33.6 Å². The number of carbonyl (C=O) groups is 3. The van der Waals surface area contributed by atoms with Crippen LogP contribution in [0, 0.1) is 10.8 Å². The number of halogens is 1. The first kappa shape index (κ1) is 19.5. The Balaban J connectivity index is 1.68. The molecule has 0 bridgehead atoms. The van der Waals surface area contributed by atoms with Gasteiger partial charge in [-0.2, -0.15) is 0 Å². The van der Waals surface area contributed by atoms with Crippen molar-refractivity contribution in [2.24, 2.45) is 10.8 Å². The Morgan fingerprint density at radius 3 is 2.50 bits per heavy atom. The predicted molar refractivity (Wildman–Crippen MR) is 111 cm³/mol. The smallest absolute Gasteiger partial charge is 0.328 e. The highest BCUT2D eigenvalue weighted by atomic mass is 79.9. The Labute approximate surface area is 182 Å². The fraction of sp³-hybridized carbons (Fsp3) is 0.348. The van der Waals surface area contributed by atoms with Crippen LogP contribution in [0.1, 0.15) is 28.8 Å². The molecule has 1 aliphatic carbocycles. The number of Topliss-reactive ketones (excluding diaryl/α,β-unsaturated/α-hetero) is 1. The van der Waals surface area contributed by atoms with Crippen molar-refractivity contribution < 1.29 is 23.9 Å². The van der Waals surface area contributed by atoms with Crippen LogP contribution in [0.2, 0.25) is 0 Å². The fourth-order valence-corrected chi connectivity index (χ4v) is 5.54. The molecule has 3 unspecified atom stereocenters. The van der Waals surface area contributed by atoms with Crippen LogP contribution < -0.4 is 4.74 Å². The molecule has 2 aliphatic heterocycles. The molecule has 7 heteroatoms. The lowest BCUT2D eigenvalue weighted by atomic mass is 9.86. The molecule has 1 amide bonds. The first-order chi connectivity index (χ1) is 14.4. The zero-order chi connectivity index (χ0) is 21.1. The molecule has 0 N–H and O–H groups in total. The monoisotopic (exact) mass is 469 g/mol. The van der Waals surface area contributed by atoms with Gasteiger partial charge in [-0.15, -0.1) is 0 Å². The third-order valence-corrected chi connectivity index (χ3v) is 7.19. The molecule has 0 spiro atoms. The SMILES string of the molecule is CC1(C(=O)c2ccccc2)C2c3cc(Br)ccc3OC(=O)C21C(=O)N1CCOCC1. The Bertz CT molecular complexity index is 1060. The predicted octanol–water partition coefficient (Wildman–Crippen LogP) is 3.20. The minimum atomic E-state index is -1.56. The third kappa shape index (κ3) is 2.42. The van der Waals surface area contributed by atoms with Crippen molar-refractivity contribution in [3.8, 4) is 5.75 Å². The highest BCUT2D eigenvalue weighted by molar-refractivity contribution is 9.10. The van der Waals surface area contributed by atoms with Crippen LogP contribution in [0.25, 0.3) is 0 Å². The van der Waals surface area contributed by atoms with E-state index in [1.165, 1.54) is 0 Å². The number of morpholine rings is 1. The van der Waals surface area contributed by atoms with Gasteiger partial charge in [0.15, 0.2) is 11.2 Å². The number of carbonyl (C=O) groups excluding carboxylic acids is 3. The van der Waals surface area contributed by atoms with E-state index in [0.29, 0.717) is 43.2 Å². The molecule has 5 rings (SSSR count). The second kappa shape index (κ2) is 6.75. The molecule has 2 aromatic rings. The highest BCUT2D eigenvalue weighted by Gasteiger charge is 2.88. The maximum atomic E-state index is 13.8. The average molecular weight is 470 g/mol. The van der Waals surface area contributed by atoms with Crippen LogP contribution in [0.5, 0.6) is 5.75 Å². The van der Waals surface area contributed by atoms with Gasteiger partial charge in [-0.3, -0.25) is 14.4 Å². The van der Waals surface area contributed by atoms with Gasteiger partial charge < -0.3 is 14.4 Å². The summed E-state index contributed by atoms with van der Waals surface area (Å²) in [5.41, 5.74) is -1.61. The summed E-state index contributed by atoms with van der Waals surface area (Å²) in [6.45, 7) is 3.33. The summed E-state index contributed by atoms with van der Waals surface area (Å²) >= 11 is 3.47. The molecule has 1 saturated carbocycles. The molecule has 3 atom stereocenters. The van der Waals surface area contributed by atoms with E-state index in [1.807, 2.05) is 12.1 Å². The van der Waals surface area contributed by atoms with E-state index in [4.69, 9.17) is 9.47 Å².